The van der Waals surface area contributed by atoms with Crippen molar-refractivity contribution < 1.29 is 27.5 Å². The lowest BCUT2D eigenvalue weighted by molar-refractivity contribution is -0.201. The summed E-state index contributed by atoms with van der Waals surface area (Å²) < 4.78 is 35.0. The van der Waals surface area contributed by atoms with Gasteiger partial charge in [-0.2, -0.15) is 4.31 Å². The smallest absolute Gasteiger partial charge is 0.243 e. The molecule has 1 aromatic carbocycles. The molecule has 0 aliphatic rings. The summed E-state index contributed by atoms with van der Waals surface area (Å²) >= 11 is 4.26. The first-order valence-electron chi connectivity index (χ1n) is 8.36. The molecule has 7 nitrogen and oxygen atoms in total. The average molecular weight is 427 g/mol. The van der Waals surface area contributed by atoms with Crippen LogP contribution < -0.4 is 4.89 Å². The van der Waals surface area contributed by atoms with Crippen molar-refractivity contribution in [1.82, 2.24) is 4.31 Å². The van der Waals surface area contributed by atoms with Gasteiger partial charge in [-0.3, -0.25) is 0 Å². The fourth-order valence-electron chi connectivity index (χ4n) is 1.86. The normalized spacial score (nSPS) is 11.9. The van der Waals surface area contributed by atoms with Gasteiger partial charge in [0.1, 0.15) is 12.5 Å². The molecule has 0 heterocycles. The van der Waals surface area contributed by atoms with Crippen LogP contribution in [0.4, 0.5) is 0 Å². The minimum atomic E-state index is -3.44. The van der Waals surface area contributed by atoms with Gasteiger partial charge < -0.3 is 19.0 Å². The lowest BCUT2D eigenvalue weighted by Gasteiger charge is -2.21. The minimum absolute atomic E-state index is 0.0765. The first kappa shape index (κ1) is 25.5. The number of phenolic OH excluding ortho intramolecular Hbond substituents is 1. The van der Waals surface area contributed by atoms with Crippen molar-refractivity contribution in [3.05, 3.63) is 24.3 Å². The van der Waals surface area contributed by atoms with Crippen LogP contribution in [-0.2, 0) is 30.9 Å². The zero-order valence-corrected chi connectivity index (χ0v) is 18.3. The van der Waals surface area contributed by atoms with Gasteiger partial charge in [-0.15, -0.1) is 0 Å². The molecule has 0 atom stereocenters. The van der Waals surface area contributed by atoms with Crippen LogP contribution in [0.1, 0.15) is 39.5 Å². The van der Waals surface area contributed by atoms with Crippen molar-refractivity contribution in [3.63, 3.8) is 0 Å². The number of phenols is 1. The molecule has 1 aromatic rings. The Hall–Kier alpha value is -0.540. The van der Waals surface area contributed by atoms with E-state index in [1.807, 2.05) is 13.8 Å². The number of sulfonamides is 1. The van der Waals surface area contributed by atoms with Crippen molar-refractivity contribution in [1.29, 1.82) is 0 Å². The molecule has 1 N–H and O–H groups in total. The quantitative estimate of drug-likeness (QED) is 0.574. The minimum Gasteiger partial charge on any atom is -0.780 e. The number of hydrogen-bond donors (Lipinski definition) is 1. The molecule has 26 heavy (non-hydrogen) atoms. The van der Waals surface area contributed by atoms with Gasteiger partial charge in [0.2, 0.25) is 10.0 Å². The summed E-state index contributed by atoms with van der Waals surface area (Å²) in [5.74, 6) is 0.0765. The Labute approximate surface area is 162 Å². The SMILES string of the molecule is CCCCN(CCCC)S(=O)(=O)c1ccc(O)cc1.COP([O-])(=S)OC. The third-order valence-corrected chi connectivity index (χ3v) is 7.15. The third-order valence-electron chi connectivity index (χ3n) is 3.44. The van der Waals surface area contributed by atoms with E-state index in [2.05, 4.69) is 20.9 Å². The van der Waals surface area contributed by atoms with Crippen molar-refractivity contribution in [2.45, 2.75) is 44.4 Å². The average Bonchev–Trinajstić information content (AvgIpc) is 2.62. The summed E-state index contributed by atoms with van der Waals surface area (Å²) in [7, 11) is -0.945. The largest absolute Gasteiger partial charge is 0.780 e. The molecule has 0 spiro atoms. The predicted octanol–water partition coefficient (Wildman–Crippen LogP) is 2.85. The maximum absolute atomic E-state index is 12.5. The molecule has 0 aromatic heterocycles. The number of benzene rings is 1. The summed E-state index contributed by atoms with van der Waals surface area (Å²) in [6.45, 7) is 2.13. The van der Waals surface area contributed by atoms with Crippen LogP contribution in [-0.4, -0.2) is 45.1 Å². The number of aromatic hydroxyl groups is 1. The predicted molar refractivity (Wildman–Crippen MR) is 105 cm³/mol. The van der Waals surface area contributed by atoms with Gasteiger partial charge in [0.25, 0.3) is 0 Å². The Kier molecular flexibility index (Phi) is 12.5. The molecule has 0 fully saturated rings. The zero-order chi connectivity index (χ0) is 20.2. The Balaban J connectivity index is 0.000000758. The van der Waals surface area contributed by atoms with Crippen LogP contribution >= 0.6 is 6.72 Å². The lowest BCUT2D eigenvalue weighted by atomic mass is 10.3. The van der Waals surface area contributed by atoms with Crippen LogP contribution in [0.2, 0.25) is 0 Å². The molecule has 0 unspecified atom stereocenters. The standard InChI is InChI=1S/C14H23NO3S.C2H7O3PS/c1-3-5-11-15(12-6-4-2)19(17,18)14-9-7-13(16)8-10-14;1-4-6(3,7)5-2/h7-10,16H,3-6,11-12H2,1-2H3;1-2H3,(H,3,7)/p-1. The van der Waals surface area contributed by atoms with E-state index in [-0.39, 0.29) is 10.6 Å². The van der Waals surface area contributed by atoms with Crippen molar-refractivity contribution >= 4 is 28.5 Å². The number of unbranched alkanes of at least 4 members (excludes halogenated alkanes) is 2. The van der Waals surface area contributed by atoms with Gasteiger partial charge in [-0.25, -0.2) is 8.42 Å². The summed E-state index contributed by atoms with van der Waals surface area (Å²) in [5.41, 5.74) is 0. The highest BCUT2D eigenvalue weighted by Crippen LogP contribution is 2.35. The molecule has 0 amide bonds. The van der Waals surface area contributed by atoms with Gasteiger partial charge in [-0.05, 0) is 37.1 Å². The monoisotopic (exact) mass is 426 g/mol. The first-order valence-corrected chi connectivity index (χ1v) is 12.4. The van der Waals surface area contributed by atoms with E-state index in [1.165, 1.54) is 38.5 Å². The Bertz CT molecular complexity index is 635. The van der Waals surface area contributed by atoms with Crippen molar-refractivity contribution in [2.75, 3.05) is 27.3 Å². The molecule has 10 heteroatoms. The van der Waals surface area contributed by atoms with Gasteiger partial charge in [-0.1, -0.05) is 38.5 Å². The van der Waals surface area contributed by atoms with E-state index in [4.69, 9.17) is 0 Å². The summed E-state index contributed by atoms with van der Waals surface area (Å²) in [4.78, 5) is 10.6. The Morgan fingerprint density at radius 1 is 1.08 bits per heavy atom. The molecule has 0 bridgehead atoms. The second-order valence-corrected chi connectivity index (χ2v) is 10.3. The van der Waals surface area contributed by atoms with Gasteiger partial charge in [0, 0.05) is 27.3 Å². The van der Waals surface area contributed by atoms with Gasteiger partial charge in [0.05, 0.1) is 4.90 Å². The van der Waals surface area contributed by atoms with Crippen LogP contribution in [0.3, 0.4) is 0 Å². The summed E-state index contributed by atoms with van der Waals surface area (Å²) in [6, 6.07) is 5.72. The van der Waals surface area contributed by atoms with Crippen LogP contribution in [0.15, 0.2) is 29.2 Å². The maximum atomic E-state index is 12.5. The van der Waals surface area contributed by atoms with E-state index in [0.717, 1.165) is 25.7 Å². The molecule has 0 aliphatic carbocycles. The van der Waals surface area contributed by atoms with E-state index >= 15 is 0 Å². The van der Waals surface area contributed by atoms with Crippen LogP contribution in [0.5, 0.6) is 5.75 Å². The van der Waals surface area contributed by atoms with Gasteiger partial charge >= 0.3 is 0 Å². The van der Waals surface area contributed by atoms with E-state index in [1.54, 1.807) is 4.31 Å². The molecule has 0 aliphatic heterocycles. The maximum Gasteiger partial charge on any atom is 0.243 e. The van der Waals surface area contributed by atoms with Crippen molar-refractivity contribution in [3.8, 4) is 5.75 Å². The third kappa shape index (κ3) is 9.41. The second-order valence-electron chi connectivity index (χ2n) is 5.42. The number of hydrogen-bond acceptors (Lipinski definition) is 7. The lowest BCUT2D eigenvalue weighted by Crippen LogP contribution is -2.33. The summed E-state index contributed by atoms with van der Waals surface area (Å²) in [6.07, 6.45) is 3.66. The highest BCUT2D eigenvalue weighted by molar-refractivity contribution is 8.06. The van der Waals surface area contributed by atoms with E-state index in [0.29, 0.717) is 13.1 Å². The van der Waals surface area contributed by atoms with Crippen molar-refractivity contribution in [2.24, 2.45) is 0 Å². The second kappa shape index (κ2) is 12.8. The topological polar surface area (TPSA) is 99.1 Å². The Morgan fingerprint density at radius 3 is 1.81 bits per heavy atom. The van der Waals surface area contributed by atoms with Crippen LogP contribution in [0, 0.1) is 0 Å². The molecule has 1 rings (SSSR count). The zero-order valence-electron chi connectivity index (χ0n) is 15.8. The number of rotatable bonds is 10. The van der Waals surface area contributed by atoms with Gasteiger partial charge in [0.15, 0.2) is 0 Å². The molecule has 0 saturated carbocycles. The molecule has 0 radical (unpaired) electrons. The molecular weight excluding hydrogens is 397 g/mol. The molecule has 152 valence electrons. The Morgan fingerprint density at radius 2 is 1.50 bits per heavy atom. The highest BCUT2D eigenvalue weighted by Gasteiger charge is 2.23. The first-order chi connectivity index (χ1) is 12.1. The molecular formula is C16H29NO6PS2-. The molecule has 0 saturated heterocycles. The van der Waals surface area contributed by atoms with Crippen LogP contribution in [0.25, 0.3) is 0 Å². The fourth-order valence-corrected chi connectivity index (χ4v) is 3.53. The fraction of sp³-hybridized carbons (Fsp3) is 0.625. The van der Waals surface area contributed by atoms with E-state index < -0.39 is 16.7 Å². The summed E-state index contributed by atoms with van der Waals surface area (Å²) in [5, 5.41) is 9.24. The van der Waals surface area contributed by atoms with E-state index in [9.17, 15) is 18.4 Å². The number of nitrogens with zero attached hydrogens (tertiary/aromatic N) is 1. The highest BCUT2D eigenvalue weighted by atomic mass is 32.5.